The van der Waals surface area contributed by atoms with Crippen molar-refractivity contribution in [1.29, 1.82) is 0 Å². The minimum atomic E-state index is -3.95. The number of nitrogens with zero attached hydrogens (tertiary/aromatic N) is 1. The van der Waals surface area contributed by atoms with Crippen molar-refractivity contribution in [1.82, 2.24) is 4.90 Å². The molecule has 0 aromatic heterocycles. The molecule has 0 amide bonds. The molecule has 21 heavy (non-hydrogen) atoms. The lowest BCUT2D eigenvalue weighted by molar-refractivity contribution is 0.0691. The molecule has 1 aromatic carbocycles. The Morgan fingerprint density at radius 2 is 1.90 bits per heavy atom. The molecule has 8 heteroatoms. The lowest BCUT2D eigenvalue weighted by Crippen LogP contribution is -2.29. The number of sulfone groups is 1. The molecule has 0 atom stereocenters. The summed E-state index contributed by atoms with van der Waals surface area (Å²) in [6.07, 6.45) is 0. The second-order valence-electron chi connectivity index (χ2n) is 4.42. The molecule has 0 bridgehead atoms. The van der Waals surface area contributed by atoms with Crippen LogP contribution in [0, 0.1) is 5.82 Å². The molecule has 0 saturated carbocycles. The van der Waals surface area contributed by atoms with Gasteiger partial charge in [-0.2, -0.15) is 0 Å². The summed E-state index contributed by atoms with van der Waals surface area (Å²) in [5.74, 6) is -3.13. The largest absolute Gasteiger partial charge is 0.478 e. The van der Waals surface area contributed by atoms with Crippen molar-refractivity contribution in [3.63, 3.8) is 0 Å². The van der Waals surface area contributed by atoms with Gasteiger partial charge in [0.2, 0.25) is 0 Å². The van der Waals surface area contributed by atoms with Gasteiger partial charge in [-0.25, -0.2) is 17.6 Å². The number of carbonyl (C=O) groups is 1. The van der Waals surface area contributed by atoms with E-state index in [-0.39, 0.29) is 17.3 Å². The number of aromatic carboxylic acids is 1. The van der Waals surface area contributed by atoms with E-state index in [1.807, 2.05) is 18.7 Å². The standard InChI is InChI=1S/C13H17ClFNO4S/c1-3-16(4-2)5-6-21(19,20)11-8-9(14)7-10(12(11)15)13(17)18/h7-8H,3-6H2,1-2H3,(H,17,18). The van der Waals surface area contributed by atoms with Gasteiger partial charge in [0.25, 0.3) is 0 Å². The Hall–Kier alpha value is -1.18. The number of halogens is 2. The van der Waals surface area contributed by atoms with Crippen LogP contribution in [0.3, 0.4) is 0 Å². The quantitative estimate of drug-likeness (QED) is 0.826. The third-order valence-electron chi connectivity index (χ3n) is 3.14. The van der Waals surface area contributed by atoms with Gasteiger partial charge >= 0.3 is 5.97 Å². The Bertz CT molecular complexity index is 629. The van der Waals surface area contributed by atoms with Crippen LogP contribution >= 0.6 is 11.6 Å². The summed E-state index contributed by atoms with van der Waals surface area (Å²) in [6.45, 7) is 5.36. The second-order valence-corrected chi connectivity index (χ2v) is 6.93. The molecule has 0 unspecified atom stereocenters. The minimum Gasteiger partial charge on any atom is -0.478 e. The van der Waals surface area contributed by atoms with Gasteiger partial charge in [-0.05, 0) is 25.2 Å². The van der Waals surface area contributed by atoms with Gasteiger partial charge in [0.05, 0.1) is 11.3 Å². The van der Waals surface area contributed by atoms with E-state index in [2.05, 4.69) is 0 Å². The van der Waals surface area contributed by atoms with Crippen molar-refractivity contribution in [3.8, 4) is 0 Å². The van der Waals surface area contributed by atoms with E-state index in [0.29, 0.717) is 13.1 Å². The predicted octanol–water partition coefficient (Wildman–Crippen LogP) is 2.29. The lowest BCUT2D eigenvalue weighted by atomic mass is 10.2. The third kappa shape index (κ3) is 4.39. The summed E-state index contributed by atoms with van der Waals surface area (Å²) >= 11 is 5.68. The van der Waals surface area contributed by atoms with Gasteiger partial charge in [0.1, 0.15) is 4.90 Å². The average molecular weight is 338 g/mol. The zero-order valence-corrected chi connectivity index (χ0v) is 13.3. The van der Waals surface area contributed by atoms with Crippen molar-refractivity contribution < 1.29 is 22.7 Å². The molecule has 0 heterocycles. The molecular formula is C13H17ClFNO4S. The van der Waals surface area contributed by atoms with Crippen LogP contribution in [0.4, 0.5) is 4.39 Å². The molecule has 0 aliphatic heterocycles. The van der Waals surface area contributed by atoms with E-state index in [4.69, 9.17) is 16.7 Å². The number of hydrogen-bond acceptors (Lipinski definition) is 4. The summed E-state index contributed by atoms with van der Waals surface area (Å²) in [6, 6.07) is 1.84. The van der Waals surface area contributed by atoms with Crippen LogP contribution in [-0.4, -0.2) is 49.8 Å². The maximum atomic E-state index is 14.1. The SMILES string of the molecule is CCN(CC)CCS(=O)(=O)c1cc(Cl)cc(C(=O)O)c1F. The third-order valence-corrected chi connectivity index (χ3v) is 5.05. The van der Waals surface area contributed by atoms with E-state index in [9.17, 15) is 17.6 Å². The zero-order valence-electron chi connectivity index (χ0n) is 11.8. The van der Waals surface area contributed by atoms with E-state index < -0.39 is 32.1 Å². The Morgan fingerprint density at radius 3 is 2.38 bits per heavy atom. The van der Waals surface area contributed by atoms with Crippen molar-refractivity contribution in [2.75, 3.05) is 25.4 Å². The van der Waals surface area contributed by atoms with Crippen molar-refractivity contribution >= 4 is 27.4 Å². The van der Waals surface area contributed by atoms with E-state index in [1.165, 1.54) is 0 Å². The van der Waals surface area contributed by atoms with Crippen LogP contribution in [0.1, 0.15) is 24.2 Å². The van der Waals surface area contributed by atoms with Gasteiger partial charge in [0, 0.05) is 11.6 Å². The van der Waals surface area contributed by atoms with Gasteiger partial charge in [-0.15, -0.1) is 0 Å². The van der Waals surface area contributed by atoms with Crippen molar-refractivity contribution in [2.45, 2.75) is 18.7 Å². The van der Waals surface area contributed by atoms with Crippen LogP contribution in [0.15, 0.2) is 17.0 Å². The Morgan fingerprint density at radius 1 is 1.33 bits per heavy atom. The first-order valence-corrected chi connectivity index (χ1v) is 8.43. The van der Waals surface area contributed by atoms with Crippen LogP contribution in [0.5, 0.6) is 0 Å². The molecule has 0 radical (unpaired) electrons. The summed E-state index contributed by atoms with van der Waals surface area (Å²) < 4.78 is 38.5. The van der Waals surface area contributed by atoms with Crippen LogP contribution in [-0.2, 0) is 9.84 Å². The van der Waals surface area contributed by atoms with Crippen molar-refractivity contribution in [2.24, 2.45) is 0 Å². The molecule has 1 N–H and O–H groups in total. The summed E-state index contributed by atoms with van der Waals surface area (Å²) in [4.78, 5) is 12.1. The fraction of sp³-hybridized carbons (Fsp3) is 0.462. The van der Waals surface area contributed by atoms with E-state index in [0.717, 1.165) is 12.1 Å². The smallest absolute Gasteiger partial charge is 0.338 e. The Labute approximate surface area is 128 Å². The average Bonchev–Trinajstić information content (AvgIpc) is 2.41. The number of benzene rings is 1. The number of carboxylic acid groups (broad SMARTS) is 1. The minimum absolute atomic E-state index is 0.129. The molecule has 0 aliphatic rings. The zero-order chi connectivity index (χ0) is 16.2. The summed E-state index contributed by atoms with van der Waals surface area (Å²) in [5.41, 5.74) is -0.746. The first-order valence-electron chi connectivity index (χ1n) is 6.40. The molecule has 0 saturated heterocycles. The second kappa shape index (κ2) is 7.20. The Balaban J connectivity index is 3.17. The Kier molecular flexibility index (Phi) is 6.12. The topological polar surface area (TPSA) is 74.7 Å². The molecule has 1 rings (SSSR count). The number of hydrogen-bond donors (Lipinski definition) is 1. The van der Waals surface area contributed by atoms with Crippen LogP contribution in [0.25, 0.3) is 0 Å². The summed E-state index contributed by atoms with van der Waals surface area (Å²) in [7, 11) is -3.95. The molecule has 0 fully saturated rings. The molecule has 0 aliphatic carbocycles. The van der Waals surface area contributed by atoms with Crippen LogP contribution in [0.2, 0.25) is 5.02 Å². The van der Waals surface area contributed by atoms with Gasteiger partial charge in [-0.3, -0.25) is 0 Å². The molecule has 1 aromatic rings. The van der Waals surface area contributed by atoms with E-state index in [1.54, 1.807) is 0 Å². The van der Waals surface area contributed by atoms with E-state index >= 15 is 0 Å². The normalized spacial score (nSPS) is 11.9. The number of carboxylic acids is 1. The molecule has 118 valence electrons. The lowest BCUT2D eigenvalue weighted by Gasteiger charge is -2.18. The first-order chi connectivity index (χ1) is 9.72. The van der Waals surface area contributed by atoms with Crippen LogP contribution < -0.4 is 0 Å². The first kappa shape index (κ1) is 17.9. The van der Waals surface area contributed by atoms with Gasteiger partial charge < -0.3 is 10.0 Å². The fourth-order valence-electron chi connectivity index (χ4n) is 1.85. The molecular weight excluding hydrogens is 321 g/mol. The highest BCUT2D eigenvalue weighted by Crippen LogP contribution is 2.24. The monoisotopic (exact) mass is 337 g/mol. The highest BCUT2D eigenvalue weighted by molar-refractivity contribution is 7.91. The van der Waals surface area contributed by atoms with Crippen molar-refractivity contribution in [3.05, 3.63) is 28.5 Å². The maximum Gasteiger partial charge on any atom is 0.338 e. The van der Waals surface area contributed by atoms with Gasteiger partial charge in [0.15, 0.2) is 15.7 Å². The fourth-order valence-corrected chi connectivity index (χ4v) is 3.54. The molecule has 5 nitrogen and oxygen atoms in total. The maximum absolute atomic E-state index is 14.1. The summed E-state index contributed by atoms with van der Waals surface area (Å²) in [5, 5.41) is 8.74. The van der Waals surface area contributed by atoms with Gasteiger partial charge in [-0.1, -0.05) is 25.4 Å². The highest BCUT2D eigenvalue weighted by Gasteiger charge is 2.25. The number of rotatable bonds is 7. The predicted molar refractivity (Wildman–Crippen MR) is 78.2 cm³/mol. The molecule has 0 spiro atoms. The highest BCUT2D eigenvalue weighted by atomic mass is 35.5.